The van der Waals surface area contributed by atoms with E-state index in [9.17, 15) is 9.50 Å². The molecule has 0 aliphatic heterocycles. The maximum absolute atomic E-state index is 13.2. The standard InChI is InChI=1S/C13H9BrFNO/c14-11-4-8-7-2-1-6(15)3-9(7)13(17)10(8)5-12(11)16/h1-5,13,17H,16H2/t13-/m0/s1. The van der Waals surface area contributed by atoms with E-state index in [2.05, 4.69) is 15.9 Å². The predicted molar refractivity (Wildman–Crippen MR) is 68.0 cm³/mol. The second-order valence-electron chi connectivity index (χ2n) is 4.10. The third kappa shape index (κ3) is 1.48. The largest absolute Gasteiger partial charge is 0.398 e. The first-order chi connectivity index (χ1) is 8.08. The molecule has 0 saturated carbocycles. The lowest BCUT2D eigenvalue weighted by Crippen LogP contribution is -1.96. The molecule has 0 radical (unpaired) electrons. The van der Waals surface area contributed by atoms with E-state index in [0.29, 0.717) is 11.3 Å². The van der Waals surface area contributed by atoms with E-state index in [0.717, 1.165) is 21.2 Å². The summed E-state index contributed by atoms with van der Waals surface area (Å²) in [6.45, 7) is 0. The molecule has 0 bridgehead atoms. The zero-order chi connectivity index (χ0) is 12.2. The summed E-state index contributed by atoms with van der Waals surface area (Å²) >= 11 is 3.35. The van der Waals surface area contributed by atoms with Crippen molar-refractivity contribution in [1.82, 2.24) is 0 Å². The summed E-state index contributed by atoms with van der Waals surface area (Å²) in [6.07, 6.45) is -0.800. The normalized spacial score (nSPS) is 16.8. The Bertz CT molecular complexity index is 627. The summed E-state index contributed by atoms with van der Waals surface area (Å²) in [6, 6.07) is 8.02. The predicted octanol–water partition coefficient (Wildman–Crippen LogP) is 3.23. The second-order valence-corrected chi connectivity index (χ2v) is 4.95. The smallest absolute Gasteiger partial charge is 0.123 e. The van der Waals surface area contributed by atoms with Gasteiger partial charge in [-0.25, -0.2) is 4.39 Å². The lowest BCUT2D eigenvalue weighted by Gasteiger charge is -2.07. The number of hydrogen-bond acceptors (Lipinski definition) is 2. The van der Waals surface area contributed by atoms with Crippen LogP contribution in [-0.4, -0.2) is 5.11 Å². The van der Waals surface area contributed by atoms with Gasteiger partial charge >= 0.3 is 0 Å². The molecule has 0 unspecified atom stereocenters. The fourth-order valence-corrected chi connectivity index (χ4v) is 2.58. The van der Waals surface area contributed by atoms with Crippen LogP contribution < -0.4 is 5.73 Å². The molecule has 3 rings (SSSR count). The minimum Gasteiger partial charge on any atom is -0.398 e. The van der Waals surface area contributed by atoms with E-state index >= 15 is 0 Å². The third-order valence-electron chi connectivity index (χ3n) is 3.06. The summed E-state index contributed by atoms with van der Waals surface area (Å²) in [5.74, 6) is -0.345. The number of anilines is 1. The molecule has 1 aliphatic rings. The number of aliphatic hydroxyl groups excluding tert-OH is 1. The molecule has 3 N–H and O–H groups in total. The van der Waals surface area contributed by atoms with Crippen LogP contribution in [0.15, 0.2) is 34.8 Å². The highest BCUT2D eigenvalue weighted by molar-refractivity contribution is 9.10. The minimum absolute atomic E-state index is 0.345. The minimum atomic E-state index is -0.800. The molecule has 1 aliphatic carbocycles. The van der Waals surface area contributed by atoms with Gasteiger partial charge in [0.25, 0.3) is 0 Å². The second kappa shape index (κ2) is 3.55. The summed E-state index contributed by atoms with van der Waals surface area (Å²) < 4.78 is 14.0. The molecule has 0 heterocycles. The Labute approximate surface area is 106 Å². The van der Waals surface area contributed by atoms with Crippen LogP contribution in [0.25, 0.3) is 11.1 Å². The molecule has 0 aromatic heterocycles. The lowest BCUT2D eigenvalue weighted by atomic mass is 10.1. The van der Waals surface area contributed by atoms with Crippen LogP contribution in [0.2, 0.25) is 0 Å². The molecular formula is C13H9BrFNO. The number of benzene rings is 2. The number of fused-ring (bicyclic) bond motifs is 3. The van der Waals surface area contributed by atoms with Crippen molar-refractivity contribution < 1.29 is 9.50 Å². The summed E-state index contributed by atoms with van der Waals surface area (Å²) in [4.78, 5) is 0. The van der Waals surface area contributed by atoms with Gasteiger partial charge in [0, 0.05) is 10.2 Å². The van der Waals surface area contributed by atoms with Gasteiger partial charge in [-0.05, 0) is 62.4 Å². The van der Waals surface area contributed by atoms with E-state index in [1.54, 1.807) is 12.1 Å². The third-order valence-corrected chi connectivity index (χ3v) is 3.75. The van der Waals surface area contributed by atoms with Gasteiger partial charge in [0.15, 0.2) is 0 Å². The number of hydrogen-bond donors (Lipinski definition) is 2. The number of nitrogen functional groups attached to an aromatic ring is 1. The highest BCUT2D eigenvalue weighted by Gasteiger charge is 2.28. The van der Waals surface area contributed by atoms with Crippen LogP contribution in [0.4, 0.5) is 10.1 Å². The Morgan fingerprint density at radius 3 is 2.59 bits per heavy atom. The Hall–Kier alpha value is -1.39. The number of nitrogens with two attached hydrogens (primary N) is 1. The quantitative estimate of drug-likeness (QED) is 0.733. The average Bonchev–Trinajstić information content (AvgIpc) is 2.54. The topological polar surface area (TPSA) is 46.2 Å². The van der Waals surface area contributed by atoms with Gasteiger partial charge in [-0.2, -0.15) is 0 Å². The van der Waals surface area contributed by atoms with Crippen molar-refractivity contribution in [3.63, 3.8) is 0 Å². The Balaban J connectivity index is 2.31. The van der Waals surface area contributed by atoms with Crippen molar-refractivity contribution in [1.29, 1.82) is 0 Å². The molecule has 0 spiro atoms. The average molecular weight is 294 g/mol. The lowest BCUT2D eigenvalue weighted by molar-refractivity contribution is 0.225. The fourth-order valence-electron chi connectivity index (χ4n) is 2.24. The number of rotatable bonds is 0. The Morgan fingerprint density at radius 1 is 1.12 bits per heavy atom. The van der Waals surface area contributed by atoms with Crippen LogP contribution in [0.3, 0.4) is 0 Å². The van der Waals surface area contributed by atoms with Crippen molar-refractivity contribution in [3.8, 4) is 11.1 Å². The SMILES string of the molecule is Nc1cc2c(cc1Br)-c1ccc(F)cc1[C@@H]2O. The Kier molecular flexibility index (Phi) is 2.24. The summed E-state index contributed by atoms with van der Waals surface area (Å²) in [7, 11) is 0. The molecule has 17 heavy (non-hydrogen) atoms. The molecule has 0 fully saturated rings. The molecule has 86 valence electrons. The molecule has 0 amide bonds. The summed E-state index contributed by atoms with van der Waals surface area (Å²) in [5, 5.41) is 10.1. The molecule has 2 aromatic rings. The van der Waals surface area contributed by atoms with Gasteiger partial charge in [0.1, 0.15) is 11.9 Å². The first-order valence-electron chi connectivity index (χ1n) is 5.14. The highest BCUT2D eigenvalue weighted by atomic mass is 79.9. The summed E-state index contributed by atoms with van der Waals surface area (Å²) in [5.41, 5.74) is 9.43. The molecule has 1 atom stereocenters. The van der Waals surface area contributed by atoms with Gasteiger partial charge in [-0.1, -0.05) is 6.07 Å². The maximum Gasteiger partial charge on any atom is 0.123 e. The van der Waals surface area contributed by atoms with Gasteiger partial charge in [-0.15, -0.1) is 0 Å². The van der Waals surface area contributed by atoms with Crippen molar-refractivity contribution >= 4 is 21.6 Å². The molecule has 4 heteroatoms. The van der Waals surface area contributed by atoms with E-state index < -0.39 is 6.10 Å². The van der Waals surface area contributed by atoms with Gasteiger partial charge < -0.3 is 10.8 Å². The van der Waals surface area contributed by atoms with Crippen LogP contribution in [0.5, 0.6) is 0 Å². The number of halogens is 2. The molecular weight excluding hydrogens is 285 g/mol. The first kappa shape index (κ1) is 10.7. The van der Waals surface area contributed by atoms with E-state index in [1.807, 2.05) is 6.07 Å². The highest BCUT2D eigenvalue weighted by Crippen LogP contribution is 2.45. The van der Waals surface area contributed by atoms with Gasteiger partial charge in [0.05, 0.1) is 0 Å². The molecule has 2 aromatic carbocycles. The zero-order valence-electron chi connectivity index (χ0n) is 8.74. The molecule has 2 nitrogen and oxygen atoms in total. The van der Waals surface area contributed by atoms with E-state index in [1.165, 1.54) is 12.1 Å². The van der Waals surface area contributed by atoms with Crippen molar-refractivity contribution in [2.45, 2.75) is 6.10 Å². The maximum atomic E-state index is 13.2. The fraction of sp³-hybridized carbons (Fsp3) is 0.0769. The van der Waals surface area contributed by atoms with Crippen LogP contribution >= 0.6 is 15.9 Å². The number of aliphatic hydroxyl groups is 1. The van der Waals surface area contributed by atoms with E-state index in [-0.39, 0.29) is 5.82 Å². The first-order valence-corrected chi connectivity index (χ1v) is 5.94. The Morgan fingerprint density at radius 2 is 1.82 bits per heavy atom. The van der Waals surface area contributed by atoms with E-state index in [4.69, 9.17) is 5.73 Å². The van der Waals surface area contributed by atoms with Crippen LogP contribution in [-0.2, 0) is 0 Å². The van der Waals surface area contributed by atoms with Crippen LogP contribution in [0, 0.1) is 5.82 Å². The van der Waals surface area contributed by atoms with Gasteiger partial charge in [-0.3, -0.25) is 0 Å². The van der Waals surface area contributed by atoms with Crippen LogP contribution in [0.1, 0.15) is 17.2 Å². The van der Waals surface area contributed by atoms with Crippen molar-refractivity contribution in [3.05, 3.63) is 51.7 Å². The monoisotopic (exact) mass is 293 g/mol. The van der Waals surface area contributed by atoms with Crippen molar-refractivity contribution in [2.75, 3.05) is 5.73 Å². The van der Waals surface area contributed by atoms with Crippen molar-refractivity contribution in [2.24, 2.45) is 0 Å². The van der Waals surface area contributed by atoms with Gasteiger partial charge in [0.2, 0.25) is 0 Å². The molecule has 0 saturated heterocycles. The zero-order valence-corrected chi connectivity index (χ0v) is 10.3.